The van der Waals surface area contributed by atoms with E-state index in [-0.39, 0.29) is 24.1 Å². The maximum Gasteiger partial charge on any atom is 0.356 e. The second-order valence-electron chi connectivity index (χ2n) is 9.69. The van der Waals surface area contributed by atoms with Crippen molar-refractivity contribution in [3.05, 3.63) is 113 Å². The molecule has 2 atom stereocenters. The van der Waals surface area contributed by atoms with Crippen LogP contribution in [0.1, 0.15) is 31.1 Å². The third kappa shape index (κ3) is 5.71. The van der Waals surface area contributed by atoms with Gasteiger partial charge in [0.1, 0.15) is 22.9 Å². The molecule has 3 aromatic rings. The summed E-state index contributed by atoms with van der Waals surface area (Å²) >= 11 is 1.53. The van der Waals surface area contributed by atoms with Crippen LogP contribution in [0.4, 0.5) is 0 Å². The Balaban J connectivity index is 1.34. The SMILES string of the molecule is CC(C)C1=C(C(=O)OC(c2ccccc2)c2ccccc2)N2C(=O)[C@@H](NC(=O)COc3ccccc3)[C@H]2SC1. The van der Waals surface area contributed by atoms with E-state index in [4.69, 9.17) is 9.47 Å². The number of benzene rings is 3. The molecule has 2 aliphatic heterocycles. The average molecular weight is 543 g/mol. The van der Waals surface area contributed by atoms with Crippen molar-refractivity contribution < 1.29 is 23.9 Å². The standard InChI is InChI=1S/C31H30N2O5S/c1-20(2)24-19-39-30-26(32-25(34)18-37-23-16-10-5-11-17-23)29(35)33(30)27(24)31(36)38-28(21-12-6-3-7-13-21)22-14-8-4-9-15-22/h3-17,20,26,28,30H,18-19H2,1-2H3,(H,32,34)/t26-,30-/m1/s1. The molecule has 7 nitrogen and oxygen atoms in total. The average Bonchev–Trinajstić information content (AvgIpc) is 2.98. The topological polar surface area (TPSA) is 84.9 Å². The van der Waals surface area contributed by atoms with Gasteiger partial charge in [-0.05, 0) is 34.8 Å². The minimum Gasteiger partial charge on any atom is -0.484 e. The molecule has 0 unspecified atom stereocenters. The van der Waals surface area contributed by atoms with Crippen molar-refractivity contribution in [1.82, 2.24) is 10.2 Å². The number of hydrogen-bond donors (Lipinski definition) is 1. The second kappa shape index (κ2) is 11.8. The van der Waals surface area contributed by atoms with Crippen LogP contribution in [0.5, 0.6) is 5.75 Å². The first kappa shape index (κ1) is 26.6. The van der Waals surface area contributed by atoms with E-state index < -0.39 is 29.4 Å². The molecule has 8 heteroatoms. The molecule has 0 saturated carbocycles. The Hall–Kier alpha value is -4.04. The number of thioether (sulfide) groups is 1. The van der Waals surface area contributed by atoms with E-state index in [0.29, 0.717) is 11.5 Å². The molecule has 39 heavy (non-hydrogen) atoms. The third-order valence-electron chi connectivity index (χ3n) is 6.75. The molecule has 1 saturated heterocycles. The number of nitrogens with zero attached hydrogens (tertiary/aromatic N) is 1. The quantitative estimate of drug-likeness (QED) is 0.312. The van der Waals surface area contributed by atoms with Gasteiger partial charge in [-0.2, -0.15) is 0 Å². The lowest BCUT2D eigenvalue weighted by atomic mass is 9.96. The van der Waals surface area contributed by atoms with E-state index in [1.807, 2.05) is 92.7 Å². The molecule has 1 N–H and O–H groups in total. The number of nitrogens with one attached hydrogen (secondary N) is 1. The highest BCUT2D eigenvalue weighted by atomic mass is 32.2. The van der Waals surface area contributed by atoms with Crippen molar-refractivity contribution in [3.8, 4) is 5.75 Å². The van der Waals surface area contributed by atoms with E-state index in [1.54, 1.807) is 12.1 Å². The number of rotatable bonds is 9. The summed E-state index contributed by atoms with van der Waals surface area (Å²) in [7, 11) is 0. The van der Waals surface area contributed by atoms with E-state index in [2.05, 4.69) is 5.32 Å². The number of hydrogen-bond acceptors (Lipinski definition) is 6. The number of fused-ring (bicyclic) bond motifs is 1. The molecular formula is C31H30N2O5S. The Morgan fingerprint density at radius 1 is 0.923 bits per heavy atom. The van der Waals surface area contributed by atoms with Gasteiger partial charge in [0.25, 0.3) is 11.8 Å². The Kier molecular flexibility index (Phi) is 8.02. The van der Waals surface area contributed by atoms with Gasteiger partial charge in [-0.15, -0.1) is 11.8 Å². The Morgan fingerprint density at radius 2 is 1.49 bits per heavy atom. The van der Waals surface area contributed by atoms with Gasteiger partial charge in [-0.3, -0.25) is 14.5 Å². The zero-order chi connectivity index (χ0) is 27.4. The van der Waals surface area contributed by atoms with Crippen molar-refractivity contribution in [1.29, 1.82) is 0 Å². The van der Waals surface area contributed by atoms with Crippen LogP contribution in [0.15, 0.2) is 102 Å². The van der Waals surface area contributed by atoms with Gasteiger partial charge >= 0.3 is 5.97 Å². The highest BCUT2D eigenvalue weighted by Crippen LogP contribution is 2.43. The van der Waals surface area contributed by atoms with E-state index in [1.165, 1.54) is 16.7 Å². The molecule has 1 fully saturated rings. The number of β-lactam (4-membered cyclic amide) rings is 1. The van der Waals surface area contributed by atoms with Crippen LogP contribution < -0.4 is 10.1 Å². The Labute approximate surface area is 232 Å². The molecule has 0 bridgehead atoms. The summed E-state index contributed by atoms with van der Waals surface area (Å²) < 4.78 is 11.7. The number of amides is 2. The molecule has 0 radical (unpaired) electrons. The summed E-state index contributed by atoms with van der Waals surface area (Å²) in [5.41, 5.74) is 2.81. The largest absolute Gasteiger partial charge is 0.484 e. The Morgan fingerprint density at radius 3 is 2.05 bits per heavy atom. The van der Waals surface area contributed by atoms with Crippen molar-refractivity contribution in [3.63, 3.8) is 0 Å². The summed E-state index contributed by atoms with van der Waals surface area (Å²) in [5, 5.41) is 2.39. The third-order valence-corrected chi connectivity index (χ3v) is 8.05. The maximum atomic E-state index is 13.8. The monoisotopic (exact) mass is 542 g/mol. The lowest BCUT2D eigenvalue weighted by Gasteiger charge is -2.50. The molecule has 0 aliphatic carbocycles. The molecule has 2 amide bonds. The van der Waals surface area contributed by atoms with Crippen molar-refractivity contribution in [2.45, 2.75) is 31.4 Å². The van der Waals surface area contributed by atoms with Crippen molar-refractivity contribution in [2.24, 2.45) is 5.92 Å². The van der Waals surface area contributed by atoms with Gasteiger partial charge in [0.15, 0.2) is 12.7 Å². The fourth-order valence-electron chi connectivity index (χ4n) is 4.70. The van der Waals surface area contributed by atoms with Crippen LogP contribution in [-0.4, -0.2) is 46.5 Å². The molecule has 3 aromatic carbocycles. The second-order valence-corrected chi connectivity index (χ2v) is 10.8. The van der Waals surface area contributed by atoms with Crippen LogP contribution in [0, 0.1) is 5.92 Å². The summed E-state index contributed by atoms with van der Waals surface area (Å²) in [6.07, 6.45) is -0.629. The predicted molar refractivity (Wildman–Crippen MR) is 150 cm³/mol. The van der Waals surface area contributed by atoms with Gasteiger partial charge in [0.2, 0.25) is 0 Å². The van der Waals surface area contributed by atoms with E-state index in [0.717, 1.165) is 16.7 Å². The van der Waals surface area contributed by atoms with Gasteiger partial charge in [-0.1, -0.05) is 92.7 Å². The predicted octanol–water partition coefficient (Wildman–Crippen LogP) is 4.71. The first-order valence-electron chi connectivity index (χ1n) is 12.9. The van der Waals surface area contributed by atoms with Crippen LogP contribution in [-0.2, 0) is 19.1 Å². The molecule has 5 rings (SSSR count). The molecule has 0 aromatic heterocycles. The molecule has 200 valence electrons. The van der Waals surface area contributed by atoms with Crippen LogP contribution >= 0.6 is 11.8 Å². The smallest absolute Gasteiger partial charge is 0.356 e. The van der Waals surface area contributed by atoms with E-state index in [9.17, 15) is 14.4 Å². The highest BCUT2D eigenvalue weighted by molar-refractivity contribution is 8.00. The number of esters is 1. The Bertz CT molecular complexity index is 1320. The zero-order valence-electron chi connectivity index (χ0n) is 21.8. The molecule has 2 heterocycles. The first-order valence-corrected chi connectivity index (χ1v) is 13.9. The maximum absolute atomic E-state index is 13.8. The normalized spacial score (nSPS) is 18.5. The lowest BCUT2D eigenvalue weighted by Crippen LogP contribution is -2.71. The van der Waals surface area contributed by atoms with Crippen LogP contribution in [0.25, 0.3) is 0 Å². The van der Waals surface area contributed by atoms with Gasteiger partial charge in [-0.25, -0.2) is 4.79 Å². The van der Waals surface area contributed by atoms with Crippen LogP contribution in [0.3, 0.4) is 0 Å². The first-order chi connectivity index (χ1) is 18.9. The van der Waals surface area contributed by atoms with Crippen LogP contribution in [0.2, 0.25) is 0 Å². The fraction of sp³-hybridized carbons (Fsp3) is 0.258. The number of carbonyl (C=O) groups excluding carboxylic acids is 3. The number of para-hydroxylation sites is 1. The number of carbonyl (C=O) groups is 3. The lowest BCUT2D eigenvalue weighted by molar-refractivity contribution is -0.155. The van der Waals surface area contributed by atoms with E-state index >= 15 is 0 Å². The summed E-state index contributed by atoms with van der Waals surface area (Å²) in [5.74, 6) is -0.108. The van der Waals surface area contributed by atoms with Gasteiger partial charge < -0.3 is 14.8 Å². The minimum absolute atomic E-state index is 0.0358. The van der Waals surface area contributed by atoms with Crippen molar-refractivity contribution in [2.75, 3.05) is 12.4 Å². The summed E-state index contributed by atoms with van der Waals surface area (Å²) in [6.45, 7) is 3.79. The molecular weight excluding hydrogens is 512 g/mol. The van der Waals surface area contributed by atoms with Gasteiger partial charge in [0.05, 0.1) is 0 Å². The number of ether oxygens (including phenoxy) is 2. The summed E-state index contributed by atoms with van der Waals surface area (Å²) in [4.78, 5) is 41.2. The zero-order valence-corrected chi connectivity index (χ0v) is 22.6. The molecule has 2 aliphatic rings. The molecule has 0 spiro atoms. The fourth-order valence-corrected chi connectivity index (χ4v) is 6.26. The van der Waals surface area contributed by atoms with Gasteiger partial charge in [0, 0.05) is 5.75 Å². The summed E-state index contributed by atoms with van der Waals surface area (Å²) in [6, 6.07) is 27.4. The van der Waals surface area contributed by atoms with Crippen molar-refractivity contribution >= 4 is 29.5 Å². The highest BCUT2D eigenvalue weighted by Gasteiger charge is 2.54. The minimum atomic E-state index is -0.738.